The monoisotopic (exact) mass is 211 g/mol. The number of nitrogens with zero attached hydrogens (tertiary/aromatic N) is 1. The van der Waals surface area contributed by atoms with Gasteiger partial charge >= 0.3 is 9.33 Å². The first-order chi connectivity index (χ1) is 5.40. The van der Waals surface area contributed by atoms with E-state index in [0.717, 1.165) is 0 Å². The van der Waals surface area contributed by atoms with Crippen LogP contribution in [0.1, 0.15) is 11.5 Å². The molecule has 0 saturated heterocycles. The summed E-state index contributed by atoms with van der Waals surface area (Å²) in [5.41, 5.74) is 0.344. The normalized spacial score (nSPS) is 11.6. The Morgan fingerprint density at radius 3 is 2.42 bits per heavy atom. The highest BCUT2D eigenvalue weighted by molar-refractivity contribution is 8.10. The van der Waals surface area contributed by atoms with Gasteiger partial charge in [-0.3, -0.25) is 0 Å². The zero-order valence-electron chi connectivity index (χ0n) is 6.37. The van der Waals surface area contributed by atoms with E-state index in [9.17, 15) is 8.42 Å². The highest BCUT2D eigenvalue weighted by Gasteiger charge is 2.16. The van der Waals surface area contributed by atoms with E-state index in [-0.39, 0.29) is 11.5 Å². The zero-order chi connectivity index (χ0) is 9.35. The predicted octanol–water partition coefficient (Wildman–Crippen LogP) is 1.15. The van der Waals surface area contributed by atoms with E-state index in [0.29, 0.717) is 5.69 Å². The van der Waals surface area contributed by atoms with Crippen molar-refractivity contribution in [1.29, 1.82) is 0 Å². The zero-order valence-corrected chi connectivity index (χ0v) is 7.94. The lowest BCUT2D eigenvalue weighted by atomic mass is 10.4. The molecule has 0 radical (unpaired) electrons. The Morgan fingerprint density at radius 2 is 2.08 bits per heavy atom. The summed E-state index contributed by atoms with van der Waals surface area (Å²) >= 11 is 0. The van der Waals surface area contributed by atoms with Gasteiger partial charge in [0.05, 0.1) is 10.7 Å². The number of hydrogen-bond acceptors (Lipinski definition) is 5. The molecular formula is C5H6ClNO4S. The minimum atomic E-state index is -4.02. The van der Waals surface area contributed by atoms with Gasteiger partial charge in [0, 0.05) is 6.92 Å². The van der Waals surface area contributed by atoms with Crippen molar-refractivity contribution in [3.05, 3.63) is 11.5 Å². The van der Waals surface area contributed by atoms with Gasteiger partial charge in [-0.05, 0) is 6.92 Å². The summed E-state index contributed by atoms with van der Waals surface area (Å²) in [5.74, 6) is 0.321. The van der Waals surface area contributed by atoms with E-state index < -0.39 is 9.33 Å². The summed E-state index contributed by atoms with van der Waals surface area (Å²) in [5, 5.41) is 3.48. The van der Waals surface area contributed by atoms with Gasteiger partial charge in [-0.25, -0.2) is 0 Å². The van der Waals surface area contributed by atoms with Gasteiger partial charge in [-0.1, -0.05) is 5.16 Å². The van der Waals surface area contributed by atoms with Crippen molar-refractivity contribution >= 4 is 20.0 Å². The van der Waals surface area contributed by atoms with Crippen LogP contribution >= 0.6 is 10.7 Å². The van der Waals surface area contributed by atoms with E-state index in [4.69, 9.17) is 10.7 Å². The van der Waals surface area contributed by atoms with Crippen molar-refractivity contribution in [1.82, 2.24) is 5.16 Å². The summed E-state index contributed by atoms with van der Waals surface area (Å²) in [6.45, 7) is 3.07. The SMILES string of the molecule is Cc1noc(C)c1OS(=O)(=O)Cl. The fraction of sp³-hybridized carbons (Fsp3) is 0.400. The molecule has 0 atom stereocenters. The van der Waals surface area contributed by atoms with Gasteiger partial charge in [0.15, 0.2) is 5.76 Å². The van der Waals surface area contributed by atoms with Crippen LogP contribution < -0.4 is 4.18 Å². The minimum absolute atomic E-state index is 0.0463. The fourth-order valence-electron chi connectivity index (χ4n) is 0.693. The number of rotatable bonds is 2. The maximum Gasteiger partial charge on any atom is 0.401 e. The third-order valence-electron chi connectivity index (χ3n) is 1.15. The Hall–Kier alpha value is -0.750. The number of halogens is 1. The number of aryl methyl sites for hydroxylation is 2. The van der Waals surface area contributed by atoms with Crippen LogP contribution in [-0.4, -0.2) is 13.6 Å². The van der Waals surface area contributed by atoms with E-state index in [1.807, 2.05) is 0 Å². The largest absolute Gasteiger partial charge is 0.401 e. The van der Waals surface area contributed by atoms with Crippen LogP contribution in [0.4, 0.5) is 0 Å². The lowest BCUT2D eigenvalue weighted by Crippen LogP contribution is -2.01. The molecule has 0 N–H and O–H groups in total. The predicted molar refractivity (Wildman–Crippen MR) is 41.4 cm³/mol. The van der Waals surface area contributed by atoms with Crippen LogP contribution in [0.25, 0.3) is 0 Å². The quantitative estimate of drug-likeness (QED) is 0.687. The summed E-state index contributed by atoms with van der Waals surface area (Å²) in [6.07, 6.45) is 0. The van der Waals surface area contributed by atoms with Gasteiger partial charge < -0.3 is 8.71 Å². The number of hydrogen-bond donors (Lipinski definition) is 0. The van der Waals surface area contributed by atoms with Crippen molar-refractivity contribution in [2.24, 2.45) is 0 Å². The maximum atomic E-state index is 10.5. The minimum Gasteiger partial charge on any atom is -0.365 e. The fourth-order valence-corrected chi connectivity index (χ4v) is 1.32. The summed E-state index contributed by atoms with van der Waals surface area (Å²) in [7, 11) is 0.829. The molecule has 0 amide bonds. The molecule has 0 saturated carbocycles. The molecule has 0 aromatic carbocycles. The van der Waals surface area contributed by atoms with Crippen LogP contribution in [0.2, 0.25) is 0 Å². The van der Waals surface area contributed by atoms with Gasteiger partial charge in [0.2, 0.25) is 5.75 Å². The van der Waals surface area contributed by atoms with Crippen molar-refractivity contribution in [3.8, 4) is 5.75 Å². The highest BCUT2D eigenvalue weighted by atomic mass is 35.7. The number of aromatic nitrogens is 1. The van der Waals surface area contributed by atoms with Gasteiger partial charge in [-0.2, -0.15) is 8.42 Å². The first kappa shape index (κ1) is 9.34. The maximum absolute atomic E-state index is 10.5. The van der Waals surface area contributed by atoms with E-state index in [2.05, 4.69) is 13.9 Å². The molecular weight excluding hydrogens is 206 g/mol. The highest BCUT2D eigenvalue weighted by Crippen LogP contribution is 2.24. The average Bonchev–Trinajstić information content (AvgIpc) is 2.16. The molecule has 0 fully saturated rings. The van der Waals surface area contributed by atoms with Crippen molar-refractivity contribution in [3.63, 3.8) is 0 Å². The second-order valence-corrected chi connectivity index (χ2v) is 4.22. The lowest BCUT2D eigenvalue weighted by molar-refractivity contribution is 0.388. The molecule has 5 nitrogen and oxygen atoms in total. The third kappa shape index (κ3) is 2.12. The van der Waals surface area contributed by atoms with Crippen molar-refractivity contribution < 1.29 is 17.1 Å². The molecule has 68 valence electrons. The molecule has 0 aliphatic carbocycles. The first-order valence-corrected chi connectivity index (χ1v) is 5.20. The third-order valence-corrected chi connectivity index (χ3v) is 1.71. The van der Waals surface area contributed by atoms with E-state index in [1.54, 1.807) is 6.92 Å². The molecule has 1 aromatic heterocycles. The Labute approximate surface area is 73.9 Å². The van der Waals surface area contributed by atoms with Crippen LogP contribution in [0.15, 0.2) is 4.52 Å². The molecule has 0 bridgehead atoms. The standard InChI is InChI=1S/C5H6ClNO4S/c1-3-5(4(2)10-7-3)11-12(6,8)9/h1-2H3. The van der Waals surface area contributed by atoms with Crippen LogP contribution in [-0.2, 0) is 9.33 Å². The Kier molecular flexibility index (Phi) is 2.29. The molecule has 1 heterocycles. The van der Waals surface area contributed by atoms with Gasteiger partial charge in [-0.15, -0.1) is 0 Å². The Morgan fingerprint density at radius 1 is 1.50 bits per heavy atom. The molecule has 0 unspecified atom stereocenters. The summed E-state index contributed by atoms with van der Waals surface area (Å²) < 4.78 is 30.0. The molecule has 0 aliphatic rings. The molecule has 1 rings (SSSR count). The van der Waals surface area contributed by atoms with Crippen molar-refractivity contribution in [2.45, 2.75) is 13.8 Å². The second-order valence-electron chi connectivity index (χ2n) is 2.13. The molecule has 12 heavy (non-hydrogen) atoms. The van der Waals surface area contributed by atoms with Crippen LogP contribution in [0, 0.1) is 13.8 Å². The van der Waals surface area contributed by atoms with E-state index >= 15 is 0 Å². The smallest absolute Gasteiger partial charge is 0.365 e. The molecule has 1 aromatic rings. The molecule has 0 spiro atoms. The van der Waals surface area contributed by atoms with Crippen LogP contribution in [0.3, 0.4) is 0 Å². The molecule has 0 aliphatic heterocycles. The summed E-state index contributed by atoms with van der Waals surface area (Å²) in [6, 6.07) is 0. The van der Waals surface area contributed by atoms with Gasteiger partial charge in [0.1, 0.15) is 5.69 Å². The first-order valence-electron chi connectivity index (χ1n) is 2.97. The topological polar surface area (TPSA) is 69.4 Å². The molecule has 7 heteroatoms. The van der Waals surface area contributed by atoms with Crippen LogP contribution in [0.5, 0.6) is 5.75 Å². The van der Waals surface area contributed by atoms with E-state index in [1.165, 1.54) is 6.92 Å². The lowest BCUT2D eigenvalue weighted by Gasteiger charge is -1.97. The summed E-state index contributed by atoms with van der Waals surface area (Å²) in [4.78, 5) is 0. The second kappa shape index (κ2) is 2.95. The Bertz CT molecular complexity index is 363. The Balaban J connectivity index is 3.04. The van der Waals surface area contributed by atoms with Gasteiger partial charge in [0.25, 0.3) is 0 Å². The van der Waals surface area contributed by atoms with Crippen molar-refractivity contribution in [2.75, 3.05) is 0 Å². The average molecular weight is 212 g/mol.